The summed E-state index contributed by atoms with van der Waals surface area (Å²) in [5, 5.41) is 36.6. The van der Waals surface area contributed by atoms with Crippen molar-refractivity contribution in [2.24, 2.45) is 5.41 Å². The summed E-state index contributed by atoms with van der Waals surface area (Å²) < 4.78 is 62.4. The molecule has 378 valence electrons. The summed E-state index contributed by atoms with van der Waals surface area (Å²) in [6.07, 6.45) is 6.04. The Morgan fingerprint density at radius 1 is 0.909 bits per heavy atom. The number of fused-ring (bicyclic) bond motifs is 1. The van der Waals surface area contributed by atoms with Crippen LogP contribution < -0.4 is 16.4 Å². The van der Waals surface area contributed by atoms with Crippen molar-refractivity contribution in [1.82, 2.24) is 30.2 Å². The average molecular weight is 1020 g/mol. The van der Waals surface area contributed by atoms with Crippen molar-refractivity contribution in [2.45, 2.75) is 147 Å². The Bertz CT molecular complexity index is 2000. The van der Waals surface area contributed by atoms with Crippen LogP contribution in [0.3, 0.4) is 0 Å². The number of nitrogen functional groups attached to an aromatic ring is 1. The van der Waals surface area contributed by atoms with Crippen molar-refractivity contribution < 1.29 is 85.6 Å². The second-order valence-electron chi connectivity index (χ2n) is 16.5. The summed E-state index contributed by atoms with van der Waals surface area (Å²) in [5.41, 5.74) is 4.25. The van der Waals surface area contributed by atoms with E-state index in [1.54, 1.807) is 0 Å². The summed E-state index contributed by atoms with van der Waals surface area (Å²) in [6, 6.07) is 0. The van der Waals surface area contributed by atoms with Gasteiger partial charge in [0.25, 0.3) is 0 Å². The summed E-state index contributed by atoms with van der Waals surface area (Å²) >= 11 is 0.998. The highest BCUT2D eigenvalue weighted by molar-refractivity contribution is 8.13. The highest BCUT2D eigenvalue weighted by Crippen LogP contribution is 2.61. The Hall–Kier alpha value is -2.48. The lowest BCUT2D eigenvalue weighted by atomic mass is 9.87. The zero-order chi connectivity index (χ0) is 49.1. The number of amides is 2. The standard InChI is InChI=1S/C37H66N7O18P3S/c1-4-5-6-7-8-9-10-11-12-13-14-15-25(45)20-28(47)66-19-18-39-27(46)16-17-40-35(50)32(49)37(2,3)22-59-65(56,57)62-64(54,55)58-21-26-31(61-63(51,52)53)30(48)36(60-26)44-24-43-29-33(38)41-23-42-34(29)44/h23-26,30-32,36,45,48-49H,4-22H2,1-3H3,(H,39,46)(H,40,50)(H,54,55)(H,56,57)(H2,38,41,42)(H2,51,52,53)/t25-,26+,30?,31-,32-,36+/m0/s1. The van der Waals surface area contributed by atoms with Gasteiger partial charge in [0.1, 0.15) is 36.3 Å². The fourth-order valence-electron chi connectivity index (χ4n) is 6.69. The fourth-order valence-corrected chi connectivity index (χ4v) is 10.3. The van der Waals surface area contributed by atoms with E-state index in [1.165, 1.54) is 65.2 Å². The predicted molar refractivity (Wildman–Crippen MR) is 239 cm³/mol. The van der Waals surface area contributed by atoms with Crippen LogP contribution in [0.2, 0.25) is 0 Å². The third-order valence-corrected chi connectivity index (χ3v) is 14.3. The molecule has 3 rings (SSSR count). The van der Waals surface area contributed by atoms with Crippen molar-refractivity contribution in [3.05, 3.63) is 12.7 Å². The van der Waals surface area contributed by atoms with Crippen LogP contribution in [0, 0.1) is 5.41 Å². The summed E-state index contributed by atoms with van der Waals surface area (Å²) in [6.45, 7) is 2.61. The fraction of sp³-hybridized carbons (Fsp3) is 0.784. The number of hydrogen-bond donors (Lipinski definition) is 10. The Morgan fingerprint density at radius 2 is 1.53 bits per heavy atom. The van der Waals surface area contributed by atoms with Gasteiger partial charge in [0.05, 0.1) is 25.6 Å². The number of nitrogens with zero attached hydrogens (tertiary/aromatic N) is 4. The first-order valence-electron chi connectivity index (χ1n) is 21.7. The number of phosphoric acid groups is 3. The number of rotatable bonds is 33. The number of unbranched alkanes of at least 4 members (excludes halogenated alkanes) is 10. The first-order valence-corrected chi connectivity index (χ1v) is 27.2. The van der Waals surface area contributed by atoms with Crippen LogP contribution >= 0.6 is 35.2 Å². The van der Waals surface area contributed by atoms with E-state index < -0.39 is 90.7 Å². The minimum Gasteiger partial charge on any atom is -0.393 e. The first-order chi connectivity index (χ1) is 30.9. The molecule has 1 fully saturated rings. The van der Waals surface area contributed by atoms with Crippen LogP contribution in [0.1, 0.15) is 117 Å². The van der Waals surface area contributed by atoms with E-state index in [9.17, 15) is 63.0 Å². The molecule has 11 N–H and O–H groups in total. The summed E-state index contributed by atoms with van der Waals surface area (Å²) in [4.78, 5) is 88.3. The van der Waals surface area contributed by atoms with Crippen molar-refractivity contribution in [2.75, 3.05) is 37.8 Å². The van der Waals surface area contributed by atoms with Gasteiger partial charge < -0.3 is 56.0 Å². The lowest BCUT2D eigenvalue weighted by molar-refractivity contribution is -0.137. The normalized spacial score (nSPS) is 20.7. The van der Waals surface area contributed by atoms with Crippen molar-refractivity contribution in [1.29, 1.82) is 0 Å². The van der Waals surface area contributed by atoms with Crippen LogP contribution in [0.25, 0.3) is 11.2 Å². The Balaban J connectivity index is 1.33. The van der Waals surface area contributed by atoms with Gasteiger partial charge in [-0.1, -0.05) is 103 Å². The summed E-state index contributed by atoms with van der Waals surface area (Å²) in [7, 11) is -16.4. The van der Waals surface area contributed by atoms with Crippen molar-refractivity contribution in [3.8, 4) is 0 Å². The topological polar surface area (TPSA) is 384 Å². The minimum absolute atomic E-state index is 0.0260. The van der Waals surface area contributed by atoms with Gasteiger partial charge in [-0.2, -0.15) is 4.31 Å². The number of phosphoric ester groups is 3. The van der Waals surface area contributed by atoms with Gasteiger partial charge >= 0.3 is 23.5 Å². The number of aliphatic hydroxyl groups excluding tert-OH is 3. The Kier molecular flexibility index (Phi) is 24.2. The molecule has 1 saturated heterocycles. The molecule has 25 nitrogen and oxygen atoms in total. The smallest absolute Gasteiger partial charge is 0.393 e. The molecular formula is C37H66N7O18P3S. The molecule has 2 aromatic heterocycles. The SMILES string of the molecule is CCCCCCCCCCCCC[C@H](O)CC(=O)SCCNC(=O)CCNC(=O)[C@H](O)C(C)(C)COP(=O)(O)OP(=O)(O)OC[C@H]1O[C@@H](n2cnc3c(N)ncnc32)C(O)[C@H]1OP(=O)(O)O. The number of aromatic nitrogens is 4. The summed E-state index contributed by atoms with van der Waals surface area (Å²) in [5.74, 6) is -1.22. The molecule has 2 amide bonds. The molecule has 3 heterocycles. The van der Waals surface area contributed by atoms with E-state index in [0.29, 0.717) is 6.42 Å². The molecule has 8 atom stereocenters. The molecule has 0 aliphatic carbocycles. The number of nitrogens with one attached hydrogen (secondary N) is 2. The van der Waals surface area contributed by atoms with E-state index in [2.05, 4.69) is 41.3 Å². The van der Waals surface area contributed by atoms with Gasteiger partial charge in [-0.3, -0.25) is 32.5 Å². The molecule has 1 aliphatic rings. The van der Waals surface area contributed by atoms with Gasteiger partial charge in [-0.25, -0.2) is 28.6 Å². The van der Waals surface area contributed by atoms with E-state index in [0.717, 1.165) is 48.2 Å². The van der Waals surface area contributed by atoms with E-state index in [-0.39, 0.29) is 53.8 Å². The van der Waals surface area contributed by atoms with Crippen molar-refractivity contribution >= 4 is 69.1 Å². The number of hydrogen-bond acceptors (Lipinski definition) is 19. The number of nitrogens with two attached hydrogens (primary N) is 1. The molecule has 66 heavy (non-hydrogen) atoms. The first kappa shape index (κ1) is 57.8. The van der Waals surface area contributed by atoms with Crippen LogP contribution in [-0.2, 0) is 50.7 Å². The molecule has 1 aliphatic heterocycles. The number of carbonyl (C=O) groups excluding carboxylic acids is 3. The molecular weight excluding hydrogens is 955 g/mol. The minimum atomic E-state index is -5.58. The number of aliphatic hydroxyl groups is 3. The monoisotopic (exact) mass is 1020 g/mol. The molecule has 0 spiro atoms. The second kappa shape index (κ2) is 27.6. The maximum Gasteiger partial charge on any atom is 0.481 e. The van der Waals surface area contributed by atoms with Crippen LogP contribution in [0.4, 0.5) is 5.82 Å². The second-order valence-corrected chi connectivity index (χ2v) is 21.9. The Labute approximate surface area is 387 Å². The predicted octanol–water partition coefficient (Wildman–Crippen LogP) is 3.12. The van der Waals surface area contributed by atoms with Crippen LogP contribution in [0.15, 0.2) is 12.7 Å². The molecule has 0 radical (unpaired) electrons. The maximum atomic E-state index is 12.7. The Morgan fingerprint density at radius 3 is 2.17 bits per heavy atom. The highest BCUT2D eigenvalue weighted by atomic mass is 32.2. The number of imidazole rings is 1. The lowest BCUT2D eigenvalue weighted by Gasteiger charge is -2.30. The molecule has 29 heteroatoms. The largest absolute Gasteiger partial charge is 0.481 e. The maximum absolute atomic E-state index is 12.7. The third kappa shape index (κ3) is 20.6. The van der Waals surface area contributed by atoms with Gasteiger partial charge in [-0.15, -0.1) is 0 Å². The molecule has 3 unspecified atom stereocenters. The van der Waals surface area contributed by atoms with Crippen LogP contribution in [0.5, 0.6) is 0 Å². The van der Waals surface area contributed by atoms with Gasteiger partial charge in [-0.05, 0) is 6.42 Å². The number of ether oxygens (including phenoxy) is 1. The quantitative estimate of drug-likeness (QED) is 0.0362. The van der Waals surface area contributed by atoms with E-state index in [1.807, 2.05) is 0 Å². The van der Waals surface area contributed by atoms with Crippen molar-refractivity contribution in [3.63, 3.8) is 0 Å². The lowest BCUT2D eigenvalue weighted by Crippen LogP contribution is -2.46. The van der Waals surface area contributed by atoms with E-state index in [4.69, 9.17) is 19.5 Å². The number of carbonyl (C=O) groups is 3. The molecule has 0 aromatic carbocycles. The highest BCUT2D eigenvalue weighted by Gasteiger charge is 2.50. The van der Waals surface area contributed by atoms with E-state index >= 15 is 0 Å². The van der Waals surface area contributed by atoms with Gasteiger partial charge in [0, 0.05) is 37.1 Å². The van der Waals surface area contributed by atoms with Crippen LogP contribution in [-0.4, -0.2) is 134 Å². The third-order valence-electron chi connectivity index (χ3n) is 10.3. The van der Waals surface area contributed by atoms with Gasteiger partial charge in [0.2, 0.25) is 11.8 Å². The molecule has 0 saturated carbocycles. The molecule has 0 bridgehead atoms. The number of anilines is 1. The zero-order valence-electron chi connectivity index (χ0n) is 37.3. The number of thioether (sulfide) groups is 1. The average Bonchev–Trinajstić information content (AvgIpc) is 3.79. The zero-order valence-corrected chi connectivity index (χ0v) is 40.8. The van der Waals surface area contributed by atoms with Gasteiger partial charge in [0.15, 0.2) is 22.8 Å². The molecule has 2 aromatic rings.